The van der Waals surface area contributed by atoms with E-state index >= 15 is 0 Å². The van der Waals surface area contributed by atoms with Gasteiger partial charge in [0.1, 0.15) is 34.7 Å². The van der Waals surface area contributed by atoms with Crippen LogP contribution in [0.1, 0.15) is 30.5 Å². The first kappa shape index (κ1) is 20.4. The van der Waals surface area contributed by atoms with E-state index in [4.69, 9.17) is 9.15 Å². The van der Waals surface area contributed by atoms with Crippen LogP contribution in [0.5, 0.6) is 17.2 Å². The Balaban J connectivity index is 1.95. The fourth-order valence-electron chi connectivity index (χ4n) is 4.78. The number of fused-ring (bicyclic) bond motifs is 2. The number of aliphatic hydroxyl groups excluding tert-OH is 1. The predicted molar refractivity (Wildman–Crippen MR) is 122 cm³/mol. The maximum Gasteiger partial charge on any atom is 0.182 e. The first-order valence-corrected chi connectivity index (χ1v) is 10.7. The van der Waals surface area contributed by atoms with Gasteiger partial charge in [0.2, 0.25) is 0 Å². The topological polar surface area (TPSA) is 100 Å². The molecule has 0 spiro atoms. The Morgan fingerprint density at radius 2 is 1.88 bits per heavy atom. The van der Waals surface area contributed by atoms with Gasteiger partial charge in [0.05, 0.1) is 17.1 Å². The van der Waals surface area contributed by atoms with Crippen molar-refractivity contribution in [2.75, 3.05) is 0 Å². The average Bonchev–Trinajstić information content (AvgIpc) is 2.65. The molecule has 0 saturated heterocycles. The Hall–Kier alpha value is -3.51. The van der Waals surface area contributed by atoms with Gasteiger partial charge in [-0.3, -0.25) is 4.79 Å². The summed E-state index contributed by atoms with van der Waals surface area (Å²) in [5.74, 6) is 0.905. The maximum absolute atomic E-state index is 12.2. The van der Waals surface area contributed by atoms with E-state index in [1.807, 2.05) is 26.0 Å². The zero-order valence-electron chi connectivity index (χ0n) is 18.1. The van der Waals surface area contributed by atoms with Gasteiger partial charge in [-0.15, -0.1) is 0 Å². The van der Waals surface area contributed by atoms with Crippen molar-refractivity contribution in [3.05, 3.63) is 63.3 Å². The van der Waals surface area contributed by atoms with E-state index in [0.717, 1.165) is 16.7 Å². The molecule has 2 aromatic carbocycles. The van der Waals surface area contributed by atoms with Crippen LogP contribution < -0.4 is 10.2 Å². The summed E-state index contributed by atoms with van der Waals surface area (Å²) in [6, 6.07) is 9.75. The molecule has 0 amide bonds. The third-order valence-corrected chi connectivity index (χ3v) is 5.87. The molecule has 3 N–H and O–H groups in total. The van der Waals surface area contributed by atoms with Gasteiger partial charge >= 0.3 is 0 Å². The monoisotopic (exact) mass is 432 g/mol. The molecular weight excluding hydrogens is 408 g/mol. The lowest BCUT2D eigenvalue weighted by Crippen LogP contribution is -2.23. The van der Waals surface area contributed by atoms with Crippen molar-refractivity contribution >= 4 is 11.0 Å². The van der Waals surface area contributed by atoms with Gasteiger partial charge in [0, 0.05) is 29.7 Å². The fraction of sp³-hybridized carbons (Fsp3) is 0.269. The van der Waals surface area contributed by atoms with Gasteiger partial charge < -0.3 is 24.5 Å². The van der Waals surface area contributed by atoms with E-state index in [9.17, 15) is 20.1 Å². The number of hydrogen-bond acceptors (Lipinski definition) is 6. The second-order valence-electron chi connectivity index (χ2n) is 8.76. The van der Waals surface area contributed by atoms with Crippen LogP contribution in [0.3, 0.4) is 0 Å². The Morgan fingerprint density at radius 1 is 1.09 bits per heavy atom. The third-order valence-electron chi connectivity index (χ3n) is 5.87. The Bertz CT molecular complexity index is 1400. The number of hydrogen-bond donors (Lipinski definition) is 3. The number of ether oxygens (including phenoxy) is 1. The van der Waals surface area contributed by atoms with Crippen molar-refractivity contribution in [3.63, 3.8) is 0 Å². The number of phenolic OH excluding ortho intramolecular Hbond substituents is 2. The van der Waals surface area contributed by atoms with E-state index in [1.165, 1.54) is 12.1 Å². The minimum Gasteiger partial charge on any atom is -0.508 e. The smallest absolute Gasteiger partial charge is 0.182 e. The number of benzene rings is 3. The molecule has 6 nitrogen and oxygen atoms in total. The quantitative estimate of drug-likeness (QED) is 0.411. The van der Waals surface area contributed by atoms with Crippen LogP contribution in [0, 0.1) is 6.92 Å². The second kappa shape index (κ2) is 7.28. The summed E-state index contributed by atoms with van der Waals surface area (Å²) < 4.78 is 12.5. The van der Waals surface area contributed by atoms with Gasteiger partial charge in [-0.05, 0) is 62.1 Å². The molecule has 2 aromatic rings. The molecule has 1 aliphatic carbocycles. The molecule has 0 saturated carbocycles. The summed E-state index contributed by atoms with van der Waals surface area (Å²) in [5.41, 5.74) is 4.74. The fourth-order valence-corrected chi connectivity index (χ4v) is 4.78. The predicted octanol–water partition coefficient (Wildman–Crippen LogP) is 4.53. The van der Waals surface area contributed by atoms with Gasteiger partial charge in [-0.1, -0.05) is 6.07 Å². The van der Waals surface area contributed by atoms with Crippen LogP contribution in [0.2, 0.25) is 0 Å². The molecule has 0 fully saturated rings. The van der Waals surface area contributed by atoms with E-state index < -0.39 is 6.10 Å². The standard InChI is InChI=1S/C26H24O6/c1-12-4-19(23-15(6-13(2)27)8-17(28)10-20(23)30)25-21(5-12)32-22-11-18(29)9-16-7-14(3)31-26(25)24(16)22/h4-5,8-11,13-14,27-28,30H,6-7H2,1-3H3/t13?,14-/m0/s1. The normalized spacial score (nSPS) is 16.3. The first-order valence-electron chi connectivity index (χ1n) is 10.7. The van der Waals surface area contributed by atoms with Gasteiger partial charge in [-0.25, -0.2) is 0 Å². The lowest BCUT2D eigenvalue weighted by Gasteiger charge is -2.28. The number of aromatic hydroxyl groups is 2. The highest BCUT2D eigenvalue weighted by Gasteiger charge is 2.30. The van der Waals surface area contributed by atoms with Gasteiger partial charge in [0.15, 0.2) is 5.43 Å². The van der Waals surface area contributed by atoms with Crippen LogP contribution >= 0.6 is 0 Å². The van der Waals surface area contributed by atoms with Crippen LogP contribution in [0.25, 0.3) is 33.4 Å². The third kappa shape index (κ3) is 3.28. The van der Waals surface area contributed by atoms with Crippen LogP contribution in [0.15, 0.2) is 45.6 Å². The van der Waals surface area contributed by atoms with Crippen LogP contribution in [-0.4, -0.2) is 27.5 Å². The van der Waals surface area contributed by atoms with E-state index in [1.54, 1.807) is 19.1 Å². The highest BCUT2D eigenvalue weighted by Crippen LogP contribution is 2.50. The van der Waals surface area contributed by atoms with Crippen LogP contribution in [0.4, 0.5) is 0 Å². The molecular formula is C26H24O6. The largest absolute Gasteiger partial charge is 0.508 e. The zero-order chi connectivity index (χ0) is 22.7. The van der Waals surface area contributed by atoms with Gasteiger partial charge in [-0.2, -0.15) is 0 Å². The molecule has 32 heavy (non-hydrogen) atoms. The SMILES string of the molecule is Cc1cc(-c2c(O)cc(O)cc2CC(C)O)c2c3c4c(cc(=O)cc-4oc2c1)C[C@H](C)O3. The van der Waals surface area contributed by atoms with E-state index in [-0.39, 0.29) is 29.5 Å². The molecule has 2 aliphatic heterocycles. The van der Waals surface area contributed by atoms with Crippen molar-refractivity contribution in [2.45, 2.75) is 45.8 Å². The molecule has 5 rings (SSSR count). The summed E-state index contributed by atoms with van der Waals surface area (Å²) in [6.45, 7) is 5.52. The summed E-state index contributed by atoms with van der Waals surface area (Å²) in [7, 11) is 0. The number of aryl methyl sites for hydroxylation is 1. The number of aliphatic hydroxyl groups is 1. The highest BCUT2D eigenvalue weighted by atomic mass is 16.5. The minimum absolute atomic E-state index is 0.0783. The minimum atomic E-state index is -0.673. The number of phenols is 2. The Labute approximate surface area is 184 Å². The molecule has 2 atom stereocenters. The summed E-state index contributed by atoms with van der Waals surface area (Å²) in [4.78, 5) is 12.2. The van der Waals surface area contributed by atoms with E-state index in [0.29, 0.717) is 45.6 Å². The van der Waals surface area contributed by atoms with Crippen LogP contribution in [-0.2, 0) is 12.8 Å². The van der Waals surface area contributed by atoms with Crippen molar-refractivity contribution < 1.29 is 24.5 Å². The van der Waals surface area contributed by atoms with Gasteiger partial charge in [0.25, 0.3) is 0 Å². The zero-order valence-corrected chi connectivity index (χ0v) is 18.1. The first-order chi connectivity index (χ1) is 15.2. The average molecular weight is 432 g/mol. The lowest BCUT2D eigenvalue weighted by molar-refractivity contribution is 0.195. The second-order valence-corrected chi connectivity index (χ2v) is 8.76. The molecule has 0 aromatic heterocycles. The summed E-state index contributed by atoms with van der Waals surface area (Å²) in [5, 5.41) is 31.7. The molecule has 1 unspecified atom stereocenters. The summed E-state index contributed by atoms with van der Waals surface area (Å²) >= 11 is 0. The lowest BCUT2D eigenvalue weighted by atomic mass is 9.88. The van der Waals surface area contributed by atoms with Crippen molar-refractivity contribution in [2.24, 2.45) is 0 Å². The van der Waals surface area contributed by atoms with Crippen molar-refractivity contribution in [1.82, 2.24) is 0 Å². The highest BCUT2D eigenvalue weighted by molar-refractivity contribution is 6.05. The molecule has 6 heteroatoms. The van der Waals surface area contributed by atoms with Crippen molar-refractivity contribution in [1.29, 1.82) is 0 Å². The van der Waals surface area contributed by atoms with Crippen molar-refractivity contribution in [3.8, 4) is 39.7 Å². The molecule has 2 heterocycles. The molecule has 0 bridgehead atoms. The number of rotatable bonds is 3. The molecule has 0 radical (unpaired) electrons. The molecule has 164 valence electrons. The maximum atomic E-state index is 12.2. The Kier molecular flexibility index (Phi) is 4.64. The summed E-state index contributed by atoms with van der Waals surface area (Å²) in [6.07, 6.45) is 0.0276. The Morgan fingerprint density at radius 3 is 2.62 bits per heavy atom. The van der Waals surface area contributed by atoms with E-state index in [2.05, 4.69) is 0 Å². The molecule has 3 aliphatic rings.